The molecule has 1 amide bonds. The standard InChI is InChI=1S/C13H15N3O3.C2H5NO2/c1-5-8(14)11(18)6-3-13(19-2)12-7(15-12)4-16(13)9(6)10(5)17;1-5-2(3)4/h7,12,15H,3-4,14H2,1-2H3;1H3,(H2,3,4). The number of carbonyl (C=O) groups excluding carboxylic acids is 3. The first-order valence-corrected chi connectivity index (χ1v) is 7.49. The van der Waals surface area contributed by atoms with E-state index in [1.807, 2.05) is 4.90 Å². The smallest absolute Gasteiger partial charge is 0.404 e. The van der Waals surface area contributed by atoms with E-state index in [-0.39, 0.29) is 23.3 Å². The van der Waals surface area contributed by atoms with Crippen LogP contribution in [0.25, 0.3) is 0 Å². The van der Waals surface area contributed by atoms with Crippen LogP contribution < -0.4 is 16.8 Å². The lowest BCUT2D eigenvalue weighted by Gasteiger charge is -2.36. The van der Waals surface area contributed by atoms with E-state index in [0.29, 0.717) is 35.9 Å². The highest BCUT2D eigenvalue weighted by Crippen LogP contribution is 2.52. The van der Waals surface area contributed by atoms with Crippen LogP contribution in [0.4, 0.5) is 4.79 Å². The summed E-state index contributed by atoms with van der Waals surface area (Å²) in [7, 11) is 2.86. The topological polar surface area (TPSA) is 147 Å². The highest BCUT2D eigenvalue weighted by atomic mass is 16.5. The summed E-state index contributed by atoms with van der Waals surface area (Å²) in [6, 6.07) is 0.561. The predicted octanol–water partition coefficient (Wildman–Crippen LogP) is -1.26. The minimum Gasteiger partial charge on any atom is -0.453 e. The van der Waals surface area contributed by atoms with E-state index in [0.717, 1.165) is 0 Å². The second-order valence-electron chi connectivity index (χ2n) is 6.13. The lowest BCUT2D eigenvalue weighted by molar-refractivity contribution is -0.120. The van der Waals surface area contributed by atoms with E-state index >= 15 is 0 Å². The molecule has 130 valence electrons. The van der Waals surface area contributed by atoms with Crippen molar-refractivity contribution in [1.82, 2.24) is 10.2 Å². The number of primary amides is 1. The maximum absolute atomic E-state index is 12.4. The molecule has 5 N–H and O–H groups in total. The third-order valence-electron chi connectivity index (χ3n) is 5.03. The third-order valence-corrected chi connectivity index (χ3v) is 5.03. The lowest BCUT2D eigenvalue weighted by Crippen LogP contribution is -2.49. The first kappa shape index (κ1) is 16.5. The zero-order chi connectivity index (χ0) is 17.8. The Morgan fingerprint density at radius 3 is 2.50 bits per heavy atom. The first-order valence-electron chi connectivity index (χ1n) is 7.49. The van der Waals surface area contributed by atoms with Crippen molar-refractivity contribution in [3.8, 4) is 0 Å². The molecule has 2 saturated heterocycles. The van der Waals surface area contributed by atoms with Crippen LogP contribution in [-0.4, -0.2) is 61.1 Å². The van der Waals surface area contributed by atoms with Gasteiger partial charge in [0.1, 0.15) is 0 Å². The number of fused-ring (bicyclic) bond motifs is 4. The van der Waals surface area contributed by atoms with Gasteiger partial charge in [-0.15, -0.1) is 0 Å². The molecule has 0 bridgehead atoms. The molecule has 0 aromatic heterocycles. The van der Waals surface area contributed by atoms with Crippen LogP contribution >= 0.6 is 0 Å². The number of carbonyl (C=O) groups is 3. The number of allylic oxidation sites excluding steroid dienone is 2. The fraction of sp³-hybridized carbons (Fsp3) is 0.533. The molecule has 24 heavy (non-hydrogen) atoms. The molecule has 3 heterocycles. The van der Waals surface area contributed by atoms with Crippen molar-refractivity contribution >= 4 is 17.7 Å². The molecule has 0 saturated carbocycles. The average Bonchev–Trinajstić information content (AvgIpc) is 3.16. The van der Waals surface area contributed by atoms with Gasteiger partial charge in [-0.25, -0.2) is 4.79 Å². The van der Waals surface area contributed by atoms with Gasteiger partial charge in [0, 0.05) is 37.3 Å². The summed E-state index contributed by atoms with van der Waals surface area (Å²) >= 11 is 0. The van der Waals surface area contributed by atoms with Crippen LogP contribution in [0.3, 0.4) is 0 Å². The number of ketones is 2. The minimum absolute atomic E-state index is 0.0801. The maximum Gasteiger partial charge on any atom is 0.404 e. The number of piperazine rings is 1. The lowest BCUT2D eigenvalue weighted by atomic mass is 9.90. The second kappa shape index (κ2) is 5.32. The number of nitrogens with two attached hydrogens (primary N) is 2. The zero-order valence-electron chi connectivity index (χ0n) is 13.7. The molecule has 0 aromatic rings. The SMILES string of the molecule is COC(N)=O.COC12CC3=C(C(=O)C(C)=C(N)C3=O)N1CC1NC12. The molecule has 3 aliphatic heterocycles. The summed E-state index contributed by atoms with van der Waals surface area (Å²) in [6.07, 6.45) is -0.309. The Morgan fingerprint density at radius 1 is 1.33 bits per heavy atom. The van der Waals surface area contributed by atoms with Crippen molar-refractivity contribution in [3.05, 3.63) is 22.5 Å². The van der Waals surface area contributed by atoms with Gasteiger partial charge >= 0.3 is 6.09 Å². The van der Waals surface area contributed by atoms with Crippen molar-refractivity contribution < 1.29 is 23.9 Å². The summed E-state index contributed by atoms with van der Waals surface area (Å²) < 4.78 is 9.58. The predicted molar refractivity (Wildman–Crippen MR) is 82.3 cm³/mol. The second-order valence-corrected chi connectivity index (χ2v) is 6.13. The number of hydrogen-bond donors (Lipinski definition) is 3. The van der Waals surface area contributed by atoms with Crippen molar-refractivity contribution in [2.45, 2.75) is 31.2 Å². The van der Waals surface area contributed by atoms with E-state index in [9.17, 15) is 14.4 Å². The Kier molecular flexibility index (Phi) is 3.65. The molecular weight excluding hydrogens is 316 g/mol. The van der Waals surface area contributed by atoms with E-state index in [1.54, 1.807) is 14.0 Å². The van der Waals surface area contributed by atoms with Crippen LogP contribution in [-0.2, 0) is 19.1 Å². The highest BCUT2D eigenvalue weighted by Gasteiger charge is 2.68. The van der Waals surface area contributed by atoms with Crippen LogP contribution in [0.2, 0.25) is 0 Å². The highest BCUT2D eigenvalue weighted by molar-refractivity contribution is 6.25. The summed E-state index contributed by atoms with van der Waals surface area (Å²) in [5.41, 5.74) is 11.1. The minimum atomic E-state index is -0.745. The van der Waals surface area contributed by atoms with E-state index in [2.05, 4.69) is 15.8 Å². The summed E-state index contributed by atoms with van der Waals surface area (Å²) in [6.45, 7) is 2.32. The van der Waals surface area contributed by atoms with Gasteiger partial charge in [-0.05, 0) is 6.92 Å². The Bertz CT molecular complexity index is 713. The number of amides is 1. The normalized spacial score (nSPS) is 32.9. The Hall–Kier alpha value is -2.39. The Morgan fingerprint density at radius 2 is 1.96 bits per heavy atom. The van der Waals surface area contributed by atoms with Gasteiger partial charge in [0.2, 0.25) is 11.6 Å². The average molecular weight is 336 g/mol. The Balaban J connectivity index is 0.000000300. The molecule has 0 spiro atoms. The maximum atomic E-state index is 12.4. The number of rotatable bonds is 1. The summed E-state index contributed by atoms with van der Waals surface area (Å²) in [5.74, 6) is -0.345. The van der Waals surface area contributed by atoms with Crippen LogP contribution in [0.1, 0.15) is 13.3 Å². The zero-order valence-corrected chi connectivity index (χ0v) is 13.7. The quantitative estimate of drug-likeness (QED) is 0.397. The number of ether oxygens (including phenoxy) is 2. The van der Waals surface area contributed by atoms with Gasteiger partial charge in [-0.2, -0.15) is 0 Å². The molecule has 1 aliphatic carbocycles. The van der Waals surface area contributed by atoms with Crippen LogP contribution in [0, 0.1) is 0 Å². The van der Waals surface area contributed by atoms with Crippen molar-refractivity contribution in [1.29, 1.82) is 0 Å². The molecular formula is C15H20N4O5. The fourth-order valence-corrected chi connectivity index (χ4v) is 3.67. The summed E-state index contributed by atoms with van der Waals surface area (Å²) in [4.78, 5) is 36.0. The number of nitrogens with zero attached hydrogens (tertiary/aromatic N) is 1. The Labute approximate surface area is 138 Å². The molecule has 3 unspecified atom stereocenters. The van der Waals surface area contributed by atoms with Crippen molar-refractivity contribution in [3.63, 3.8) is 0 Å². The number of nitrogens with one attached hydrogen (secondary N) is 1. The largest absolute Gasteiger partial charge is 0.453 e. The molecule has 3 atom stereocenters. The van der Waals surface area contributed by atoms with Gasteiger partial charge in [0.05, 0.1) is 24.5 Å². The molecule has 0 aromatic carbocycles. The third kappa shape index (κ3) is 2.05. The number of hydrogen-bond acceptors (Lipinski definition) is 8. The van der Waals surface area contributed by atoms with E-state index < -0.39 is 11.8 Å². The molecule has 4 aliphatic rings. The number of Topliss-reactive ketones (excluding diaryl/α,β-unsaturated/α-hetero) is 2. The van der Waals surface area contributed by atoms with Crippen molar-refractivity contribution in [2.75, 3.05) is 20.8 Å². The summed E-state index contributed by atoms with van der Waals surface area (Å²) in [5, 5.41) is 3.33. The van der Waals surface area contributed by atoms with Crippen LogP contribution in [0.5, 0.6) is 0 Å². The van der Waals surface area contributed by atoms with Crippen LogP contribution in [0.15, 0.2) is 22.5 Å². The van der Waals surface area contributed by atoms with Gasteiger partial charge in [0.25, 0.3) is 0 Å². The van der Waals surface area contributed by atoms with E-state index in [4.69, 9.17) is 10.5 Å². The van der Waals surface area contributed by atoms with Crippen molar-refractivity contribution in [2.24, 2.45) is 11.5 Å². The molecule has 9 nitrogen and oxygen atoms in total. The monoisotopic (exact) mass is 336 g/mol. The fourth-order valence-electron chi connectivity index (χ4n) is 3.67. The molecule has 4 rings (SSSR count). The number of methoxy groups -OCH3 is 2. The molecule has 2 fully saturated rings. The molecule has 9 heteroatoms. The van der Waals surface area contributed by atoms with Gasteiger partial charge in [0.15, 0.2) is 5.72 Å². The van der Waals surface area contributed by atoms with Gasteiger partial charge < -0.3 is 31.2 Å². The van der Waals surface area contributed by atoms with E-state index in [1.165, 1.54) is 7.11 Å². The van der Waals surface area contributed by atoms with Gasteiger partial charge in [-0.3, -0.25) is 9.59 Å². The van der Waals surface area contributed by atoms with Gasteiger partial charge in [-0.1, -0.05) is 0 Å². The first-order chi connectivity index (χ1) is 11.3. The molecule has 0 radical (unpaired) electrons.